The van der Waals surface area contributed by atoms with Crippen LogP contribution in [0, 0.1) is 0 Å². The maximum atomic E-state index is 13.1. The van der Waals surface area contributed by atoms with Gasteiger partial charge in [-0.1, -0.05) is 61.2 Å². The minimum atomic E-state index is -0.148. The lowest BCUT2D eigenvalue weighted by atomic mass is 9.94. The molecule has 1 atom stereocenters. The Morgan fingerprint density at radius 3 is 2.39 bits per heavy atom. The zero-order chi connectivity index (χ0) is 23.8. The predicted molar refractivity (Wildman–Crippen MR) is 137 cm³/mol. The monoisotopic (exact) mass is 487 g/mol. The molecule has 0 radical (unpaired) electrons. The van der Waals surface area contributed by atoms with E-state index in [9.17, 15) is 9.59 Å². The van der Waals surface area contributed by atoms with Crippen LogP contribution in [0.5, 0.6) is 0 Å². The number of halogens is 1. The number of amides is 2. The van der Waals surface area contributed by atoms with Crippen LogP contribution in [-0.4, -0.2) is 61.1 Å². The van der Waals surface area contributed by atoms with Crippen LogP contribution < -0.4 is 5.32 Å². The van der Waals surface area contributed by atoms with E-state index >= 15 is 0 Å². The molecule has 2 aromatic rings. The van der Waals surface area contributed by atoms with Crippen LogP contribution in [0.1, 0.15) is 54.1 Å². The molecule has 1 aliphatic rings. The molecule has 0 saturated heterocycles. The highest BCUT2D eigenvalue weighted by Gasteiger charge is 2.23. The SMILES string of the molecule is CN(C)C(CNC(=O)c1ccccc1SCC(=O)N(C)C1CCCCC1)c1ccccc1Cl. The molecule has 0 aliphatic heterocycles. The Morgan fingerprint density at radius 1 is 1.03 bits per heavy atom. The smallest absolute Gasteiger partial charge is 0.252 e. The molecule has 2 amide bonds. The van der Waals surface area contributed by atoms with E-state index in [0.29, 0.717) is 28.9 Å². The number of thioether (sulfide) groups is 1. The molecule has 3 rings (SSSR count). The van der Waals surface area contributed by atoms with Crippen LogP contribution in [0.15, 0.2) is 53.4 Å². The Bertz CT molecular complexity index is 947. The van der Waals surface area contributed by atoms with Gasteiger partial charge in [-0.15, -0.1) is 11.8 Å². The Morgan fingerprint density at radius 2 is 1.70 bits per heavy atom. The molecule has 0 spiro atoms. The van der Waals surface area contributed by atoms with Crippen molar-refractivity contribution in [2.75, 3.05) is 33.4 Å². The van der Waals surface area contributed by atoms with Crippen LogP contribution in [0.2, 0.25) is 5.02 Å². The highest BCUT2D eigenvalue weighted by molar-refractivity contribution is 8.00. The lowest BCUT2D eigenvalue weighted by Gasteiger charge is -2.31. The number of likely N-dealkylation sites (N-methyl/N-ethyl adjacent to an activating group) is 1. The summed E-state index contributed by atoms with van der Waals surface area (Å²) in [7, 11) is 5.85. The fraction of sp³-hybridized carbons (Fsp3) is 0.462. The number of carbonyl (C=O) groups excluding carboxylic acids is 2. The molecule has 1 unspecified atom stereocenters. The molecule has 0 aromatic heterocycles. The Balaban J connectivity index is 1.62. The van der Waals surface area contributed by atoms with Gasteiger partial charge in [-0.25, -0.2) is 0 Å². The summed E-state index contributed by atoms with van der Waals surface area (Å²) in [4.78, 5) is 30.6. The van der Waals surface area contributed by atoms with Crippen LogP contribution >= 0.6 is 23.4 Å². The summed E-state index contributed by atoms with van der Waals surface area (Å²) in [5.41, 5.74) is 1.57. The van der Waals surface area contributed by atoms with Gasteiger partial charge in [0, 0.05) is 29.6 Å². The average molecular weight is 488 g/mol. The number of nitrogens with zero attached hydrogens (tertiary/aromatic N) is 2. The topological polar surface area (TPSA) is 52.7 Å². The van der Waals surface area contributed by atoms with E-state index in [4.69, 9.17) is 11.6 Å². The van der Waals surface area contributed by atoms with Crippen molar-refractivity contribution >= 4 is 35.2 Å². The van der Waals surface area contributed by atoms with Gasteiger partial charge in [0.1, 0.15) is 0 Å². The zero-order valence-electron chi connectivity index (χ0n) is 19.7. The zero-order valence-corrected chi connectivity index (χ0v) is 21.3. The first-order valence-electron chi connectivity index (χ1n) is 11.5. The van der Waals surface area contributed by atoms with Gasteiger partial charge in [0.25, 0.3) is 5.91 Å². The number of nitrogens with one attached hydrogen (secondary N) is 1. The molecule has 1 aliphatic carbocycles. The summed E-state index contributed by atoms with van der Waals surface area (Å²) in [6, 6.07) is 15.5. The van der Waals surface area contributed by atoms with Gasteiger partial charge in [0.2, 0.25) is 5.91 Å². The molecule has 5 nitrogen and oxygen atoms in total. The Hall–Kier alpha value is -2.02. The maximum Gasteiger partial charge on any atom is 0.252 e. The van der Waals surface area contributed by atoms with Gasteiger partial charge >= 0.3 is 0 Å². The van der Waals surface area contributed by atoms with Gasteiger partial charge in [-0.3, -0.25) is 9.59 Å². The number of carbonyl (C=O) groups is 2. The van der Waals surface area contributed by atoms with E-state index in [1.165, 1.54) is 31.0 Å². The second-order valence-electron chi connectivity index (χ2n) is 8.79. The fourth-order valence-corrected chi connectivity index (χ4v) is 5.53. The van der Waals surface area contributed by atoms with Crippen molar-refractivity contribution in [1.29, 1.82) is 0 Å². The molecule has 178 valence electrons. The van der Waals surface area contributed by atoms with E-state index < -0.39 is 0 Å². The third kappa shape index (κ3) is 6.98. The van der Waals surface area contributed by atoms with Crippen molar-refractivity contribution in [3.8, 4) is 0 Å². The molecule has 1 saturated carbocycles. The molecule has 1 fully saturated rings. The summed E-state index contributed by atoms with van der Waals surface area (Å²) in [5, 5.41) is 3.74. The molecule has 0 heterocycles. The van der Waals surface area contributed by atoms with E-state index in [1.54, 1.807) is 0 Å². The molecular weight excluding hydrogens is 454 g/mol. The third-order valence-corrected chi connectivity index (χ3v) is 7.74. The van der Waals surface area contributed by atoms with Crippen LogP contribution in [0.3, 0.4) is 0 Å². The average Bonchev–Trinajstić information content (AvgIpc) is 2.83. The van der Waals surface area contributed by atoms with Crippen molar-refractivity contribution in [2.45, 2.75) is 49.1 Å². The summed E-state index contributed by atoms with van der Waals surface area (Å²) in [5.74, 6) is 0.302. The number of hydrogen-bond donors (Lipinski definition) is 1. The standard InChI is InChI=1S/C26H34ClN3O2S/c1-29(2)23(20-13-7-9-15-22(20)27)17-28-26(32)21-14-8-10-16-24(21)33-18-25(31)30(3)19-11-5-4-6-12-19/h7-10,13-16,19,23H,4-6,11-12,17-18H2,1-3H3,(H,28,32). The lowest BCUT2D eigenvalue weighted by molar-refractivity contribution is -0.129. The van der Waals surface area contributed by atoms with E-state index in [2.05, 4.69) is 5.32 Å². The van der Waals surface area contributed by atoms with Gasteiger partial charge in [0.15, 0.2) is 0 Å². The maximum absolute atomic E-state index is 13.1. The van der Waals surface area contributed by atoms with Gasteiger partial charge < -0.3 is 15.1 Å². The first kappa shape index (κ1) is 25.6. The van der Waals surface area contributed by atoms with Crippen molar-refractivity contribution in [3.05, 3.63) is 64.7 Å². The summed E-state index contributed by atoms with van der Waals surface area (Å²) >= 11 is 7.83. The van der Waals surface area contributed by atoms with Gasteiger partial charge in [0.05, 0.1) is 17.4 Å². The largest absolute Gasteiger partial charge is 0.350 e. The number of benzene rings is 2. The van der Waals surface area contributed by atoms with Crippen LogP contribution in [-0.2, 0) is 4.79 Å². The predicted octanol–water partition coefficient (Wildman–Crippen LogP) is 5.26. The Labute approximate surface area is 206 Å². The van der Waals surface area contributed by atoms with E-state index in [1.807, 2.05) is 79.5 Å². The second-order valence-corrected chi connectivity index (χ2v) is 10.2. The first-order chi connectivity index (χ1) is 15.9. The normalized spacial score (nSPS) is 15.3. The van der Waals surface area contributed by atoms with E-state index in [0.717, 1.165) is 23.3 Å². The molecule has 33 heavy (non-hydrogen) atoms. The highest BCUT2D eigenvalue weighted by Crippen LogP contribution is 2.27. The Kier molecular flexibility index (Phi) is 9.65. The summed E-state index contributed by atoms with van der Waals surface area (Å²) in [6.45, 7) is 0.428. The van der Waals surface area contributed by atoms with Crippen molar-refractivity contribution in [1.82, 2.24) is 15.1 Å². The third-order valence-electron chi connectivity index (χ3n) is 6.34. The molecule has 2 aromatic carbocycles. The van der Waals surface area contributed by atoms with E-state index in [-0.39, 0.29) is 17.9 Å². The molecular formula is C26H34ClN3O2S. The quantitative estimate of drug-likeness (QED) is 0.490. The van der Waals surface area contributed by atoms with Crippen LogP contribution in [0.4, 0.5) is 0 Å². The van der Waals surface area contributed by atoms with Crippen molar-refractivity contribution in [3.63, 3.8) is 0 Å². The minimum Gasteiger partial charge on any atom is -0.350 e. The lowest BCUT2D eigenvalue weighted by Crippen LogP contribution is -2.39. The fourth-order valence-electron chi connectivity index (χ4n) is 4.29. The molecule has 7 heteroatoms. The second kappa shape index (κ2) is 12.4. The highest BCUT2D eigenvalue weighted by atomic mass is 35.5. The van der Waals surface area contributed by atoms with Crippen LogP contribution in [0.25, 0.3) is 0 Å². The van der Waals surface area contributed by atoms with Crippen molar-refractivity contribution < 1.29 is 9.59 Å². The first-order valence-corrected chi connectivity index (χ1v) is 12.9. The summed E-state index contributed by atoms with van der Waals surface area (Å²) < 4.78 is 0. The van der Waals surface area contributed by atoms with Crippen molar-refractivity contribution in [2.24, 2.45) is 0 Å². The number of hydrogen-bond acceptors (Lipinski definition) is 4. The minimum absolute atomic E-state index is 0.0480. The molecule has 0 bridgehead atoms. The van der Waals surface area contributed by atoms with Gasteiger partial charge in [-0.05, 0) is 50.7 Å². The molecule has 1 N–H and O–H groups in total. The number of rotatable bonds is 9. The van der Waals surface area contributed by atoms with Gasteiger partial charge in [-0.2, -0.15) is 0 Å². The summed E-state index contributed by atoms with van der Waals surface area (Å²) in [6.07, 6.45) is 5.83.